The van der Waals surface area contributed by atoms with Gasteiger partial charge in [-0.05, 0) is 58.3 Å². The van der Waals surface area contributed by atoms with Crippen LogP contribution in [0.3, 0.4) is 0 Å². The van der Waals surface area contributed by atoms with Gasteiger partial charge in [-0.25, -0.2) is 4.98 Å². The summed E-state index contributed by atoms with van der Waals surface area (Å²) in [7, 11) is 1.60. The normalized spacial score (nSPS) is 11.4. The number of aryl methyl sites for hydroxylation is 1. The molecule has 4 aromatic carbocycles. The fraction of sp³-hybridized carbons (Fsp3) is 0.138. The van der Waals surface area contributed by atoms with Crippen molar-refractivity contribution in [3.05, 3.63) is 111 Å². The molecule has 1 heterocycles. The third-order valence-electron chi connectivity index (χ3n) is 5.96. The van der Waals surface area contributed by atoms with Crippen molar-refractivity contribution in [1.29, 1.82) is 0 Å². The smallest absolute Gasteiger partial charge is 0.282 e. The van der Waals surface area contributed by atoms with Crippen molar-refractivity contribution in [1.82, 2.24) is 9.66 Å². The molecule has 0 saturated heterocycles. The van der Waals surface area contributed by atoms with Gasteiger partial charge in [0.1, 0.15) is 12.4 Å². The molecule has 0 atom stereocenters. The van der Waals surface area contributed by atoms with E-state index in [0.717, 1.165) is 21.0 Å². The summed E-state index contributed by atoms with van der Waals surface area (Å²) < 4.78 is 13.9. The molecule has 0 fully saturated rings. The Kier molecular flexibility index (Phi) is 6.82. The average Bonchev–Trinajstić information content (AvgIpc) is 2.91. The molecule has 0 N–H and O–H groups in total. The van der Waals surface area contributed by atoms with E-state index in [1.54, 1.807) is 19.4 Å². The number of hydrogen-bond donors (Lipinski definition) is 0. The maximum atomic E-state index is 13.1. The summed E-state index contributed by atoms with van der Waals surface area (Å²) in [6, 6.07) is 25.5. The Labute approximate surface area is 217 Å². The second-order valence-electron chi connectivity index (χ2n) is 8.24. The van der Waals surface area contributed by atoms with E-state index in [9.17, 15) is 4.79 Å². The first kappa shape index (κ1) is 23.8. The predicted octanol–water partition coefficient (Wildman–Crippen LogP) is 6.34. The lowest BCUT2D eigenvalue weighted by Crippen LogP contribution is -2.22. The number of fused-ring (bicyclic) bond motifs is 2. The lowest BCUT2D eigenvalue weighted by Gasteiger charge is -2.13. The largest absolute Gasteiger partial charge is 0.493 e. The quantitative estimate of drug-likeness (QED) is 0.225. The van der Waals surface area contributed by atoms with E-state index in [-0.39, 0.29) is 5.56 Å². The van der Waals surface area contributed by atoms with Crippen molar-refractivity contribution in [2.75, 3.05) is 7.11 Å². The van der Waals surface area contributed by atoms with Crippen LogP contribution in [0.4, 0.5) is 0 Å². The Morgan fingerprint density at radius 2 is 1.81 bits per heavy atom. The average molecular weight is 542 g/mol. The van der Waals surface area contributed by atoms with Crippen molar-refractivity contribution in [3.63, 3.8) is 0 Å². The highest BCUT2D eigenvalue weighted by Crippen LogP contribution is 2.29. The summed E-state index contributed by atoms with van der Waals surface area (Å²) in [4.78, 5) is 17.7. The molecule has 180 valence electrons. The molecule has 0 aliphatic rings. The number of ether oxygens (including phenoxy) is 2. The Morgan fingerprint density at radius 1 is 0.972 bits per heavy atom. The van der Waals surface area contributed by atoms with Crippen molar-refractivity contribution in [3.8, 4) is 11.5 Å². The van der Waals surface area contributed by atoms with E-state index in [1.165, 1.54) is 10.1 Å². The summed E-state index contributed by atoms with van der Waals surface area (Å²) in [5.74, 6) is 1.81. The molecular weight excluding hydrogens is 518 g/mol. The molecule has 0 bridgehead atoms. The Balaban J connectivity index is 1.42. The van der Waals surface area contributed by atoms with Gasteiger partial charge in [0.2, 0.25) is 0 Å². The number of methoxy groups -OCH3 is 1. The number of benzene rings is 4. The van der Waals surface area contributed by atoms with Gasteiger partial charge in [0.05, 0.1) is 24.2 Å². The molecule has 0 aliphatic heterocycles. The van der Waals surface area contributed by atoms with Gasteiger partial charge in [0.15, 0.2) is 11.5 Å². The molecule has 5 aromatic rings. The molecule has 0 saturated carbocycles. The van der Waals surface area contributed by atoms with Crippen LogP contribution in [0.5, 0.6) is 11.5 Å². The lowest BCUT2D eigenvalue weighted by atomic mass is 10.1. The molecule has 0 aliphatic carbocycles. The van der Waals surface area contributed by atoms with Gasteiger partial charge in [-0.15, -0.1) is 0 Å². The minimum Gasteiger partial charge on any atom is -0.493 e. The van der Waals surface area contributed by atoms with Gasteiger partial charge in [-0.3, -0.25) is 4.79 Å². The van der Waals surface area contributed by atoms with Gasteiger partial charge in [0, 0.05) is 10.9 Å². The maximum Gasteiger partial charge on any atom is 0.282 e. The summed E-state index contributed by atoms with van der Waals surface area (Å²) in [5.41, 5.74) is 2.31. The Hall–Kier alpha value is -3.97. The first-order valence-electron chi connectivity index (χ1n) is 11.6. The maximum absolute atomic E-state index is 13.1. The Bertz CT molecular complexity index is 1650. The van der Waals surface area contributed by atoms with Crippen LogP contribution in [-0.2, 0) is 13.0 Å². The molecule has 7 heteroatoms. The van der Waals surface area contributed by atoms with Gasteiger partial charge in [-0.2, -0.15) is 9.78 Å². The minimum absolute atomic E-state index is 0.212. The van der Waals surface area contributed by atoms with Gasteiger partial charge < -0.3 is 9.47 Å². The molecule has 0 spiro atoms. The molecule has 0 amide bonds. The number of nitrogens with zero attached hydrogens (tertiary/aromatic N) is 3. The summed E-state index contributed by atoms with van der Waals surface area (Å²) in [5, 5.41) is 7.31. The lowest BCUT2D eigenvalue weighted by molar-refractivity contribution is 0.285. The van der Waals surface area contributed by atoms with E-state index in [4.69, 9.17) is 9.47 Å². The van der Waals surface area contributed by atoms with Gasteiger partial charge in [0.25, 0.3) is 5.56 Å². The molecule has 0 unspecified atom stereocenters. The van der Waals surface area contributed by atoms with Crippen LogP contribution in [0.1, 0.15) is 23.9 Å². The zero-order valence-corrected chi connectivity index (χ0v) is 21.5. The first-order chi connectivity index (χ1) is 17.6. The highest BCUT2D eigenvalue weighted by atomic mass is 79.9. The molecule has 0 radical (unpaired) electrons. The van der Waals surface area contributed by atoms with Crippen molar-refractivity contribution in [2.24, 2.45) is 5.10 Å². The number of halogens is 1. The van der Waals surface area contributed by atoms with Crippen LogP contribution in [0, 0.1) is 0 Å². The number of aromatic nitrogens is 2. The fourth-order valence-corrected chi connectivity index (χ4v) is 4.49. The highest BCUT2D eigenvalue weighted by Gasteiger charge is 2.11. The van der Waals surface area contributed by atoms with Crippen LogP contribution in [0.25, 0.3) is 21.7 Å². The van der Waals surface area contributed by atoms with E-state index < -0.39 is 0 Å². The fourth-order valence-electron chi connectivity index (χ4n) is 4.12. The van der Waals surface area contributed by atoms with Crippen molar-refractivity contribution >= 4 is 43.8 Å². The summed E-state index contributed by atoms with van der Waals surface area (Å²) in [6.45, 7) is 2.36. The Morgan fingerprint density at radius 3 is 2.64 bits per heavy atom. The van der Waals surface area contributed by atoms with E-state index in [1.807, 2.05) is 55.5 Å². The molecule has 36 heavy (non-hydrogen) atoms. The summed E-state index contributed by atoms with van der Waals surface area (Å²) >= 11 is 3.42. The standard InChI is InChI=1S/C29H24BrN3O3/c1-3-28-32-25-13-12-22(30)16-24(25)29(34)33(28)31-17-19-11-14-26(27(15-19)35-2)36-18-21-9-6-8-20-7-4-5-10-23(20)21/h4-17H,3,18H2,1-2H3. The monoisotopic (exact) mass is 541 g/mol. The third-order valence-corrected chi connectivity index (χ3v) is 6.46. The second-order valence-corrected chi connectivity index (χ2v) is 9.16. The topological polar surface area (TPSA) is 65.7 Å². The highest BCUT2D eigenvalue weighted by molar-refractivity contribution is 9.10. The first-order valence-corrected chi connectivity index (χ1v) is 12.4. The molecule has 1 aromatic heterocycles. The van der Waals surface area contributed by atoms with Crippen LogP contribution in [0.15, 0.2) is 93.2 Å². The minimum atomic E-state index is -0.212. The van der Waals surface area contributed by atoms with Crippen molar-refractivity contribution < 1.29 is 9.47 Å². The van der Waals surface area contributed by atoms with Crippen molar-refractivity contribution in [2.45, 2.75) is 20.0 Å². The molecule has 6 nitrogen and oxygen atoms in total. The van der Waals surface area contributed by atoms with Crippen LogP contribution >= 0.6 is 15.9 Å². The second kappa shape index (κ2) is 10.3. The SMILES string of the molecule is CCc1nc2ccc(Br)cc2c(=O)n1N=Cc1ccc(OCc2cccc3ccccc23)c(OC)c1. The van der Waals surface area contributed by atoms with E-state index in [2.05, 4.69) is 50.3 Å². The van der Waals surface area contributed by atoms with Gasteiger partial charge >= 0.3 is 0 Å². The molecular formula is C29H24BrN3O3. The zero-order chi connectivity index (χ0) is 25.1. The van der Waals surface area contributed by atoms with Crippen LogP contribution in [0.2, 0.25) is 0 Å². The van der Waals surface area contributed by atoms with Crippen LogP contribution in [-0.4, -0.2) is 23.0 Å². The zero-order valence-electron chi connectivity index (χ0n) is 19.9. The number of rotatable bonds is 7. The van der Waals surface area contributed by atoms with Crippen LogP contribution < -0.4 is 15.0 Å². The van der Waals surface area contributed by atoms with E-state index >= 15 is 0 Å². The van der Waals surface area contributed by atoms with E-state index in [0.29, 0.717) is 41.3 Å². The third kappa shape index (κ3) is 4.75. The summed E-state index contributed by atoms with van der Waals surface area (Å²) in [6.07, 6.45) is 2.20. The number of hydrogen-bond acceptors (Lipinski definition) is 5. The molecule has 5 rings (SSSR count). The predicted molar refractivity (Wildman–Crippen MR) is 147 cm³/mol. The van der Waals surface area contributed by atoms with Gasteiger partial charge in [-0.1, -0.05) is 65.3 Å².